The van der Waals surface area contributed by atoms with Crippen LogP contribution in [0.15, 0.2) is 29.2 Å². The van der Waals surface area contributed by atoms with Crippen LogP contribution in [0.2, 0.25) is 0 Å². The molecule has 2 aromatic rings. The van der Waals surface area contributed by atoms with E-state index in [1.165, 1.54) is 22.2 Å². The molecule has 0 radical (unpaired) electrons. The summed E-state index contributed by atoms with van der Waals surface area (Å²) >= 11 is 6.75. The molecular weight excluding hydrogens is 382 g/mol. The highest BCUT2D eigenvalue weighted by Gasteiger charge is 2.19. The number of hydrogen-bond donors (Lipinski definition) is 0. The number of ether oxygens (including phenoxy) is 1. The highest BCUT2D eigenvalue weighted by Crippen LogP contribution is 2.20. The number of thioether (sulfide) groups is 1. The number of likely N-dealkylation sites (tertiary alicyclic amines) is 1. The van der Waals surface area contributed by atoms with Crippen molar-refractivity contribution in [3.63, 3.8) is 0 Å². The van der Waals surface area contributed by atoms with Crippen LogP contribution in [0.3, 0.4) is 0 Å². The summed E-state index contributed by atoms with van der Waals surface area (Å²) in [6, 6.07) is 5.05. The molecule has 8 heteroatoms. The minimum Gasteiger partial charge on any atom is -0.459 e. The lowest BCUT2D eigenvalue weighted by Gasteiger charge is -2.31. The smallest absolute Gasteiger partial charge is 0.316 e. The minimum atomic E-state index is -0.362. The van der Waals surface area contributed by atoms with Gasteiger partial charge in [-0.05, 0) is 37.3 Å². The van der Waals surface area contributed by atoms with Crippen LogP contribution in [0.1, 0.15) is 31.0 Å². The number of nitrogens with zero attached hydrogens (tertiary/aromatic N) is 3. The Morgan fingerprint density at radius 2 is 2.11 bits per heavy atom. The normalized spacial score (nSPS) is 15.1. The van der Waals surface area contributed by atoms with Gasteiger partial charge in [0, 0.05) is 25.4 Å². The second kappa shape index (κ2) is 8.84. The second-order valence-electron chi connectivity index (χ2n) is 6.91. The molecule has 0 unspecified atom stereocenters. The van der Waals surface area contributed by atoms with Gasteiger partial charge in [0.05, 0.1) is 11.4 Å². The van der Waals surface area contributed by atoms with Crippen molar-refractivity contribution in [2.45, 2.75) is 33.3 Å². The van der Waals surface area contributed by atoms with Gasteiger partial charge in [0.2, 0.25) is 0 Å². The van der Waals surface area contributed by atoms with Crippen LogP contribution in [-0.4, -0.2) is 43.4 Å². The molecular formula is C19H23N3O3S2. The summed E-state index contributed by atoms with van der Waals surface area (Å²) < 4.78 is 7.49. The van der Waals surface area contributed by atoms with E-state index in [1.54, 1.807) is 12.3 Å². The number of hydrogen-bond acceptors (Lipinski definition) is 6. The first-order chi connectivity index (χ1) is 12.9. The summed E-state index contributed by atoms with van der Waals surface area (Å²) in [6.07, 6.45) is 4.00. The van der Waals surface area contributed by atoms with Crippen molar-refractivity contribution in [3.8, 4) is 0 Å². The molecule has 3 rings (SSSR count). The number of fused-ring (bicyclic) bond motifs is 1. The number of rotatable bonds is 4. The van der Waals surface area contributed by atoms with Gasteiger partial charge in [0.1, 0.15) is 16.6 Å². The highest BCUT2D eigenvalue weighted by molar-refractivity contribution is 8.23. The average Bonchev–Trinajstić information content (AvgIpc) is 2.65. The first-order valence-electron chi connectivity index (χ1n) is 8.98. The Hall–Kier alpha value is -1.93. The van der Waals surface area contributed by atoms with Crippen LogP contribution in [0.25, 0.3) is 5.65 Å². The van der Waals surface area contributed by atoms with Gasteiger partial charge in [-0.1, -0.05) is 37.0 Å². The van der Waals surface area contributed by atoms with Gasteiger partial charge in [-0.15, -0.1) is 0 Å². The molecule has 0 N–H and O–H groups in total. The first-order valence-corrected chi connectivity index (χ1v) is 10.4. The Bertz CT molecular complexity index is 905. The second-order valence-corrected chi connectivity index (χ2v) is 8.51. The van der Waals surface area contributed by atoms with E-state index in [0.29, 0.717) is 11.3 Å². The number of pyridine rings is 1. The fourth-order valence-electron chi connectivity index (χ4n) is 2.93. The third kappa shape index (κ3) is 5.29. The highest BCUT2D eigenvalue weighted by atomic mass is 32.2. The Labute approximate surface area is 167 Å². The molecule has 6 nitrogen and oxygen atoms in total. The largest absolute Gasteiger partial charge is 0.459 e. The molecule has 3 heterocycles. The Kier molecular flexibility index (Phi) is 6.49. The van der Waals surface area contributed by atoms with E-state index in [0.717, 1.165) is 41.7 Å². The van der Waals surface area contributed by atoms with Crippen molar-refractivity contribution >= 4 is 39.9 Å². The lowest BCUT2D eigenvalue weighted by molar-refractivity contribution is -0.141. The van der Waals surface area contributed by atoms with Gasteiger partial charge in [-0.2, -0.15) is 0 Å². The zero-order chi connectivity index (χ0) is 19.4. The van der Waals surface area contributed by atoms with Gasteiger partial charge < -0.3 is 9.64 Å². The maximum atomic E-state index is 12.2. The lowest BCUT2D eigenvalue weighted by Crippen LogP contribution is -2.35. The van der Waals surface area contributed by atoms with E-state index >= 15 is 0 Å². The summed E-state index contributed by atoms with van der Waals surface area (Å²) in [4.78, 5) is 30.7. The fourth-order valence-corrected chi connectivity index (χ4v) is 3.98. The first kappa shape index (κ1) is 19.8. The number of piperidine rings is 1. The van der Waals surface area contributed by atoms with Gasteiger partial charge in [0.25, 0.3) is 5.56 Å². The topological polar surface area (TPSA) is 63.9 Å². The molecule has 0 aromatic carbocycles. The van der Waals surface area contributed by atoms with Crippen LogP contribution in [-0.2, 0) is 16.1 Å². The predicted molar refractivity (Wildman–Crippen MR) is 111 cm³/mol. The van der Waals surface area contributed by atoms with Crippen LogP contribution >= 0.6 is 24.0 Å². The van der Waals surface area contributed by atoms with Crippen LogP contribution < -0.4 is 5.56 Å². The quantitative estimate of drug-likeness (QED) is 0.572. The van der Waals surface area contributed by atoms with Gasteiger partial charge in [-0.25, -0.2) is 4.98 Å². The maximum Gasteiger partial charge on any atom is 0.316 e. The van der Waals surface area contributed by atoms with E-state index in [-0.39, 0.29) is 23.9 Å². The van der Waals surface area contributed by atoms with Crippen molar-refractivity contribution in [2.24, 2.45) is 5.92 Å². The summed E-state index contributed by atoms with van der Waals surface area (Å²) in [7, 11) is 0. The zero-order valence-corrected chi connectivity index (χ0v) is 17.1. The predicted octanol–water partition coefficient (Wildman–Crippen LogP) is 2.80. The van der Waals surface area contributed by atoms with E-state index < -0.39 is 0 Å². The standard InChI is InChI=1S/C19H23N3O3S2/c1-13-5-7-21(8-6-13)19(26)27-12-18(24)25-11-15-9-17(23)22-10-14(2)3-4-16(22)20-15/h3-4,9-10,13H,5-8,11-12H2,1-2H3. The molecule has 0 bridgehead atoms. The molecule has 27 heavy (non-hydrogen) atoms. The Morgan fingerprint density at radius 1 is 1.37 bits per heavy atom. The number of aryl methyl sites for hydroxylation is 1. The number of carbonyl (C=O) groups is 1. The van der Waals surface area contributed by atoms with Crippen LogP contribution in [0.5, 0.6) is 0 Å². The lowest BCUT2D eigenvalue weighted by atomic mass is 10.00. The molecule has 0 aliphatic carbocycles. The van der Waals surface area contributed by atoms with E-state index in [1.807, 2.05) is 13.0 Å². The third-order valence-corrected chi connectivity index (χ3v) is 6.09. The molecule has 0 spiro atoms. The molecule has 1 aliphatic rings. The van der Waals surface area contributed by atoms with Crippen molar-refractivity contribution in [3.05, 3.63) is 46.0 Å². The van der Waals surface area contributed by atoms with Gasteiger partial charge >= 0.3 is 5.97 Å². The van der Waals surface area contributed by atoms with Crippen LogP contribution in [0.4, 0.5) is 0 Å². The molecule has 0 saturated carbocycles. The molecule has 2 aromatic heterocycles. The Morgan fingerprint density at radius 3 is 2.85 bits per heavy atom. The van der Waals surface area contributed by atoms with E-state index in [9.17, 15) is 9.59 Å². The summed E-state index contributed by atoms with van der Waals surface area (Å²) in [6.45, 7) is 6.04. The summed E-state index contributed by atoms with van der Waals surface area (Å²) in [5.41, 5.74) is 1.76. The SMILES string of the molecule is Cc1ccc2nc(COC(=O)CSC(=S)N3CCC(C)CC3)cc(=O)n2c1. The minimum absolute atomic E-state index is 0.0208. The Balaban J connectivity index is 1.50. The maximum absolute atomic E-state index is 12.2. The zero-order valence-electron chi connectivity index (χ0n) is 15.5. The van der Waals surface area contributed by atoms with Crippen molar-refractivity contribution in [1.82, 2.24) is 14.3 Å². The number of esters is 1. The van der Waals surface area contributed by atoms with Crippen molar-refractivity contribution in [2.75, 3.05) is 18.8 Å². The molecule has 1 saturated heterocycles. The molecule has 0 amide bonds. The third-order valence-electron chi connectivity index (χ3n) is 4.60. The number of thiocarbonyl (C=S) groups is 1. The molecule has 144 valence electrons. The average molecular weight is 406 g/mol. The molecule has 1 aliphatic heterocycles. The molecule has 0 atom stereocenters. The summed E-state index contributed by atoms with van der Waals surface area (Å²) in [5.74, 6) is 0.538. The van der Waals surface area contributed by atoms with Crippen molar-refractivity contribution < 1.29 is 9.53 Å². The van der Waals surface area contributed by atoms with Crippen molar-refractivity contribution in [1.29, 1.82) is 0 Å². The monoisotopic (exact) mass is 405 g/mol. The summed E-state index contributed by atoms with van der Waals surface area (Å²) in [5, 5.41) is 0. The number of aromatic nitrogens is 2. The van der Waals surface area contributed by atoms with Gasteiger partial charge in [-0.3, -0.25) is 14.0 Å². The molecule has 1 fully saturated rings. The fraction of sp³-hybridized carbons (Fsp3) is 0.474. The number of carbonyl (C=O) groups excluding carboxylic acids is 1. The van der Waals surface area contributed by atoms with Crippen LogP contribution in [0, 0.1) is 12.8 Å². The van der Waals surface area contributed by atoms with E-state index in [4.69, 9.17) is 17.0 Å². The van der Waals surface area contributed by atoms with Gasteiger partial charge in [0.15, 0.2) is 0 Å². The van der Waals surface area contributed by atoms with E-state index in [2.05, 4.69) is 16.8 Å².